The molecule has 4 nitrogen and oxygen atoms in total. The van der Waals surface area contributed by atoms with Crippen molar-refractivity contribution in [3.8, 4) is 33.8 Å². The Labute approximate surface area is 281 Å². The van der Waals surface area contributed by atoms with Crippen molar-refractivity contribution in [1.29, 1.82) is 0 Å². The first-order valence-electron chi connectivity index (χ1n) is 16.1. The molecule has 4 rings (SSSR count). The van der Waals surface area contributed by atoms with Gasteiger partial charge in [0.1, 0.15) is 11.5 Å². The summed E-state index contributed by atoms with van der Waals surface area (Å²) >= 11 is 0. The molecule has 0 atom stereocenters. The number of hydrogen-bond acceptors (Lipinski definition) is 4. The molecule has 0 bridgehead atoms. The first-order valence-corrected chi connectivity index (χ1v) is 16.1. The Morgan fingerprint density at radius 3 is 0.979 bits per heavy atom. The van der Waals surface area contributed by atoms with Gasteiger partial charge in [-0.3, -0.25) is 0 Å². The molecule has 0 radical (unpaired) electrons. The van der Waals surface area contributed by atoms with Crippen molar-refractivity contribution in [2.24, 2.45) is 0 Å². The van der Waals surface area contributed by atoms with Crippen LogP contribution in [0.1, 0.15) is 83.3 Å². The first-order chi connectivity index (χ1) is 21.8. The molecule has 0 unspecified atom stereocenters. The summed E-state index contributed by atoms with van der Waals surface area (Å²) in [6.07, 6.45) is 0. The van der Waals surface area contributed by atoms with E-state index in [2.05, 4.69) is 103 Å². The minimum atomic E-state index is -0.411. The van der Waals surface area contributed by atoms with E-state index in [0.29, 0.717) is 22.6 Å². The van der Waals surface area contributed by atoms with E-state index in [9.17, 15) is 9.59 Å². The maximum absolute atomic E-state index is 12.2. The second kappa shape index (κ2) is 13.2. The van der Waals surface area contributed by atoms with Crippen molar-refractivity contribution in [3.63, 3.8) is 0 Å². The third kappa shape index (κ3) is 7.02. The first kappa shape index (κ1) is 35.2. The highest BCUT2D eigenvalue weighted by atomic mass is 16.5. The lowest BCUT2D eigenvalue weighted by Crippen LogP contribution is -2.20. The fourth-order valence-corrected chi connectivity index (χ4v) is 6.60. The smallest absolute Gasteiger partial charge is 0.338 e. The van der Waals surface area contributed by atoms with Crippen molar-refractivity contribution in [1.82, 2.24) is 0 Å². The summed E-state index contributed by atoms with van der Waals surface area (Å²) in [6, 6.07) is 17.6. The van der Waals surface area contributed by atoms with Crippen LogP contribution in [0.15, 0.2) is 72.8 Å². The molecule has 244 valence electrons. The Bertz CT molecular complexity index is 1730. The number of esters is 2. The van der Waals surface area contributed by atoms with Gasteiger partial charge in [0.15, 0.2) is 0 Å². The molecule has 0 aliphatic rings. The van der Waals surface area contributed by atoms with E-state index in [0.717, 1.165) is 33.4 Å². The summed E-state index contributed by atoms with van der Waals surface area (Å²) in [6.45, 7) is 31.9. The molecule has 4 aromatic carbocycles. The average Bonchev–Trinajstić information content (AvgIpc) is 2.95. The lowest BCUT2D eigenvalue weighted by atomic mass is 9.74. The molecule has 0 spiro atoms. The SMILES string of the molecule is C=C(C)C(=O)Oc1c(C)cc(-c2c(C)cc(C(C)(C)c3cc(C)c(-c4cc(C)c(OC(=O)C(=C)C)c(C)c4)c(C)c3)cc2C)cc1C. The summed E-state index contributed by atoms with van der Waals surface area (Å²) in [5, 5.41) is 0. The zero-order valence-corrected chi connectivity index (χ0v) is 30.2. The number of ether oxygens (including phenoxy) is 2. The van der Waals surface area contributed by atoms with Gasteiger partial charge in [0.2, 0.25) is 0 Å². The standard InChI is InChI=1S/C43H48O4/c1-23(2)41(44)46-39-29(9)15-33(16-30(39)10)37-25(5)19-35(20-26(37)6)43(13,14)36-21-27(7)38(28(8)22-36)34-17-31(11)40(32(12)18-34)47-42(45)24(3)4/h15-22H,1,3H2,2,4-14H3. The average molecular weight is 629 g/mol. The molecule has 0 N–H and O–H groups in total. The van der Waals surface area contributed by atoms with Crippen LogP contribution in [0.5, 0.6) is 11.5 Å². The van der Waals surface area contributed by atoms with Crippen LogP contribution in [0.3, 0.4) is 0 Å². The molecule has 0 amide bonds. The second-order valence-corrected chi connectivity index (χ2v) is 13.8. The van der Waals surface area contributed by atoms with Gasteiger partial charge < -0.3 is 9.47 Å². The van der Waals surface area contributed by atoms with Crippen LogP contribution in [-0.2, 0) is 15.0 Å². The highest BCUT2D eigenvalue weighted by Crippen LogP contribution is 2.41. The molecule has 0 aliphatic heterocycles. The largest absolute Gasteiger partial charge is 0.423 e. The van der Waals surface area contributed by atoms with E-state index in [1.165, 1.54) is 44.5 Å². The van der Waals surface area contributed by atoms with E-state index in [4.69, 9.17) is 9.47 Å². The van der Waals surface area contributed by atoms with E-state index in [1.54, 1.807) is 13.8 Å². The molecule has 4 heteroatoms. The second-order valence-electron chi connectivity index (χ2n) is 13.8. The molecular weight excluding hydrogens is 580 g/mol. The lowest BCUT2D eigenvalue weighted by Gasteiger charge is -2.30. The topological polar surface area (TPSA) is 52.6 Å². The summed E-state index contributed by atoms with van der Waals surface area (Å²) in [5.74, 6) is 0.366. The fourth-order valence-electron chi connectivity index (χ4n) is 6.60. The number of benzene rings is 4. The van der Waals surface area contributed by atoms with Gasteiger partial charge in [0, 0.05) is 16.6 Å². The van der Waals surface area contributed by atoms with Crippen LogP contribution < -0.4 is 9.47 Å². The third-order valence-electron chi connectivity index (χ3n) is 9.09. The van der Waals surface area contributed by atoms with Crippen LogP contribution in [0.25, 0.3) is 22.3 Å². The highest BCUT2D eigenvalue weighted by molar-refractivity contribution is 5.90. The molecule has 0 saturated carbocycles. The van der Waals surface area contributed by atoms with E-state index < -0.39 is 11.9 Å². The van der Waals surface area contributed by atoms with Gasteiger partial charge in [0.05, 0.1) is 0 Å². The van der Waals surface area contributed by atoms with Gasteiger partial charge >= 0.3 is 11.9 Å². The van der Waals surface area contributed by atoms with Crippen LogP contribution in [0.2, 0.25) is 0 Å². The third-order valence-corrected chi connectivity index (χ3v) is 9.09. The number of aryl methyl sites for hydroxylation is 8. The summed E-state index contributed by atoms with van der Waals surface area (Å²) in [5.41, 5.74) is 16.0. The molecule has 0 heterocycles. The zero-order chi connectivity index (χ0) is 35.1. The van der Waals surface area contributed by atoms with Gasteiger partial charge in [-0.25, -0.2) is 9.59 Å². The maximum Gasteiger partial charge on any atom is 0.338 e. The van der Waals surface area contributed by atoms with Crippen molar-refractivity contribution >= 4 is 11.9 Å². The molecule has 47 heavy (non-hydrogen) atoms. The Hall–Kier alpha value is -4.70. The number of hydrogen-bond donors (Lipinski definition) is 0. The van der Waals surface area contributed by atoms with Crippen molar-refractivity contribution in [2.75, 3.05) is 0 Å². The predicted molar refractivity (Wildman–Crippen MR) is 195 cm³/mol. The minimum absolute atomic E-state index is 0.249. The molecule has 0 fully saturated rings. The zero-order valence-electron chi connectivity index (χ0n) is 30.2. The fraction of sp³-hybridized carbons (Fsp3) is 0.302. The van der Waals surface area contributed by atoms with Gasteiger partial charge in [0.25, 0.3) is 0 Å². The number of carbonyl (C=O) groups is 2. The summed E-state index contributed by atoms with van der Waals surface area (Å²) in [7, 11) is 0. The number of rotatable bonds is 8. The molecule has 4 aromatic rings. The normalized spacial score (nSPS) is 11.3. The molecule has 0 aliphatic carbocycles. The van der Waals surface area contributed by atoms with Gasteiger partial charge in [-0.1, -0.05) is 51.3 Å². The van der Waals surface area contributed by atoms with Crippen LogP contribution in [0.4, 0.5) is 0 Å². The van der Waals surface area contributed by atoms with Gasteiger partial charge in [-0.15, -0.1) is 0 Å². The van der Waals surface area contributed by atoms with Crippen molar-refractivity contribution < 1.29 is 19.1 Å². The number of carbonyl (C=O) groups excluding carboxylic acids is 2. The highest BCUT2D eigenvalue weighted by Gasteiger charge is 2.27. The van der Waals surface area contributed by atoms with Gasteiger partial charge in [-0.2, -0.15) is 0 Å². The maximum atomic E-state index is 12.2. The Kier molecular flexibility index (Phi) is 9.87. The van der Waals surface area contributed by atoms with Crippen LogP contribution in [0, 0.1) is 55.4 Å². The van der Waals surface area contributed by atoms with Crippen molar-refractivity contribution in [3.05, 3.63) is 128 Å². The minimum Gasteiger partial charge on any atom is -0.423 e. The molecule has 0 aromatic heterocycles. The quantitative estimate of drug-likeness (QED) is 0.111. The molecular formula is C43H48O4. The lowest BCUT2D eigenvalue weighted by molar-refractivity contribution is -0.131. The summed E-state index contributed by atoms with van der Waals surface area (Å²) < 4.78 is 11.3. The Morgan fingerprint density at radius 2 is 0.745 bits per heavy atom. The monoisotopic (exact) mass is 628 g/mol. The molecule has 0 saturated heterocycles. The van der Waals surface area contributed by atoms with E-state index in [1.807, 2.05) is 27.7 Å². The Morgan fingerprint density at radius 1 is 0.489 bits per heavy atom. The van der Waals surface area contributed by atoms with E-state index in [-0.39, 0.29) is 5.41 Å². The van der Waals surface area contributed by atoms with Crippen molar-refractivity contribution in [2.45, 2.75) is 88.5 Å². The predicted octanol–water partition coefficient (Wildman–Crippen LogP) is 10.8. The van der Waals surface area contributed by atoms with E-state index >= 15 is 0 Å². The Balaban J connectivity index is 1.71. The van der Waals surface area contributed by atoms with Gasteiger partial charge in [-0.05, 0) is 171 Å². The van der Waals surface area contributed by atoms with Crippen LogP contribution >= 0.6 is 0 Å². The van der Waals surface area contributed by atoms with Crippen LogP contribution in [-0.4, -0.2) is 11.9 Å². The summed E-state index contributed by atoms with van der Waals surface area (Å²) in [4.78, 5) is 24.4.